The number of benzene rings is 1. The monoisotopic (exact) mass is 288 g/mol. The molecule has 0 radical (unpaired) electrons. The molecule has 1 N–H and O–H groups in total. The van der Waals surface area contributed by atoms with Crippen molar-refractivity contribution in [2.45, 2.75) is 24.8 Å². The number of aryl methyl sites for hydroxylation is 1. The zero-order valence-corrected chi connectivity index (χ0v) is 12.1. The predicted molar refractivity (Wildman–Crippen MR) is 72.4 cm³/mol. The van der Waals surface area contributed by atoms with Crippen LogP contribution < -0.4 is 5.32 Å². The Balaban J connectivity index is 2.44. The summed E-state index contributed by atoms with van der Waals surface area (Å²) in [6.07, 6.45) is 0. The average Bonchev–Trinajstić information content (AvgIpc) is 2.32. The molecule has 1 aliphatic rings. The summed E-state index contributed by atoms with van der Waals surface area (Å²) in [6.45, 7) is 5.55. The molecule has 0 spiro atoms. The molecule has 0 unspecified atom stereocenters. The van der Waals surface area contributed by atoms with E-state index >= 15 is 0 Å². The molecule has 0 aromatic heterocycles. The van der Waals surface area contributed by atoms with Crippen LogP contribution in [0, 0.1) is 6.92 Å². The maximum Gasteiger partial charge on any atom is 0.243 e. The summed E-state index contributed by atoms with van der Waals surface area (Å²) in [4.78, 5) is 0.309. The number of rotatable bonds is 2. The van der Waals surface area contributed by atoms with E-state index in [4.69, 9.17) is 11.6 Å². The summed E-state index contributed by atoms with van der Waals surface area (Å²) in [5.74, 6) is 0. The minimum absolute atomic E-state index is 0.0397. The summed E-state index contributed by atoms with van der Waals surface area (Å²) in [7, 11) is -3.46. The Morgan fingerprint density at radius 1 is 1.44 bits per heavy atom. The number of hydrogen-bond donors (Lipinski definition) is 1. The van der Waals surface area contributed by atoms with Gasteiger partial charge >= 0.3 is 0 Å². The smallest absolute Gasteiger partial charge is 0.243 e. The zero-order chi connectivity index (χ0) is 13.3. The van der Waals surface area contributed by atoms with E-state index in [1.807, 2.05) is 6.92 Å². The van der Waals surface area contributed by atoms with Crippen molar-refractivity contribution < 1.29 is 8.42 Å². The van der Waals surface area contributed by atoms with Crippen LogP contribution >= 0.6 is 11.6 Å². The van der Waals surface area contributed by atoms with Crippen LogP contribution in [0.4, 0.5) is 0 Å². The molecule has 4 nitrogen and oxygen atoms in total. The second-order valence-corrected chi connectivity index (χ2v) is 6.87. The maximum atomic E-state index is 12.6. The van der Waals surface area contributed by atoms with E-state index < -0.39 is 10.0 Å². The minimum Gasteiger partial charge on any atom is -0.314 e. The van der Waals surface area contributed by atoms with Gasteiger partial charge in [0, 0.05) is 30.7 Å². The Hall–Kier alpha value is -0.620. The summed E-state index contributed by atoms with van der Waals surface area (Å²) in [5, 5.41) is 3.63. The molecule has 0 saturated carbocycles. The number of nitrogens with one attached hydrogen (secondary N) is 1. The van der Waals surface area contributed by atoms with E-state index in [2.05, 4.69) is 5.32 Å². The molecule has 1 fully saturated rings. The first-order valence-electron chi connectivity index (χ1n) is 5.91. The number of halogens is 1. The van der Waals surface area contributed by atoms with Crippen molar-refractivity contribution in [2.75, 3.05) is 19.6 Å². The fourth-order valence-corrected chi connectivity index (χ4v) is 4.28. The Kier molecular flexibility index (Phi) is 3.96. The van der Waals surface area contributed by atoms with Gasteiger partial charge in [-0.3, -0.25) is 0 Å². The van der Waals surface area contributed by atoms with Gasteiger partial charge in [-0.1, -0.05) is 17.7 Å². The molecule has 6 heteroatoms. The molecule has 1 aromatic rings. The Morgan fingerprint density at radius 2 is 2.17 bits per heavy atom. The van der Waals surface area contributed by atoms with Crippen LogP contribution in [-0.2, 0) is 10.0 Å². The van der Waals surface area contributed by atoms with Gasteiger partial charge in [-0.05, 0) is 31.5 Å². The van der Waals surface area contributed by atoms with Crippen molar-refractivity contribution in [1.29, 1.82) is 0 Å². The third-order valence-corrected chi connectivity index (χ3v) is 5.57. The van der Waals surface area contributed by atoms with Crippen LogP contribution in [0.5, 0.6) is 0 Å². The number of hydrogen-bond acceptors (Lipinski definition) is 3. The first-order chi connectivity index (χ1) is 8.43. The molecule has 0 amide bonds. The van der Waals surface area contributed by atoms with Crippen molar-refractivity contribution in [2.24, 2.45) is 0 Å². The zero-order valence-electron chi connectivity index (χ0n) is 10.5. The second kappa shape index (κ2) is 5.17. The molecule has 1 aliphatic heterocycles. The maximum absolute atomic E-state index is 12.6. The topological polar surface area (TPSA) is 49.4 Å². The summed E-state index contributed by atoms with van der Waals surface area (Å²) >= 11 is 5.90. The Labute approximate surface area is 113 Å². The summed E-state index contributed by atoms with van der Waals surface area (Å²) in [6, 6.07) is 4.93. The molecular weight excluding hydrogens is 272 g/mol. The molecule has 0 bridgehead atoms. The minimum atomic E-state index is -3.46. The molecule has 0 aliphatic carbocycles. The second-order valence-electron chi connectivity index (χ2n) is 4.58. The SMILES string of the molecule is Cc1ccc(Cl)cc1S(=O)(=O)N1CCNC[C@H]1C. The van der Waals surface area contributed by atoms with E-state index in [1.165, 1.54) is 6.07 Å². The van der Waals surface area contributed by atoms with Crippen LogP contribution in [0.2, 0.25) is 5.02 Å². The molecule has 1 heterocycles. The largest absolute Gasteiger partial charge is 0.314 e. The van der Waals surface area contributed by atoms with E-state index in [0.717, 1.165) is 5.56 Å². The van der Waals surface area contributed by atoms with Crippen LogP contribution in [-0.4, -0.2) is 38.4 Å². The first kappa shape index (κ1) is 13.8. The van der Waals surface area contributed by atoms with Crippen molar-refractivity contribution >= 4 is 21.6 Å². The molecule has 1 atom stereocenters. The van der Waals surface area contributed by atoms with Crippen molar-refractivity contribution in [3.05, 3.63) is 28.8 Å². The highest BCUT2D eigenvalue weighted by Gasteiger charge is 2.31. The van der Waals surface area contributed by atoms with E-state index in [0.29, 0.717) is 29.6 Å². The Bertz CT molecular complexity index is 545. The van der Waals surface area contributed by atoms with Gasteiger partial charge in [-0.15, -0.1) is 0 Å². The first-order valence-corrected chi connectivity index (χ1v) is 7.73. The van der Waals surface area contributed by atoms with Gasteiger partial charge in [-0.25, -0.2) is 8.42 Å². The molecule has 100 valence electrons. The number of nitrogens with zero attached hydrogens (tertiary/aromatic N) is 1. The van der Waals surface area contributed by atoms with Crippen LogP contribution in [0.1, 0.15) is 12.5 Å². The highest BCUT2D eigenvalue weighted by Crippen LogP contribution is 2.25. The number of sulfonamides is 1. The molecule has 18 heavy (non-hydrogen) atoms. The third kappa shape index (κ3) is 2.54. The molecule has 1 saturated heterocycles. The fraction of sp³-hybridized carbons (Fsp3) is 0.500. The van der Waals surface area contributed by atoms with Crippen molar-refractivity contribution in [3.8, 4) is 0 Å². The molecule has 1 aromatic carbocycles. The fourth-order valence-electron chi connectivity index (χ4n) is 2.16. The highest BCUT2D eigenvalue weighted by molar-refractivity contribution is 7.89. The van der Waals surface area contributed by atoms with Crippen molar-refractivity contribution in [3.63, 3.8) is 0 Å². The van der Waals surface area contributed by atoms with Crippen LogP contribution in [0.3, 0.4) is 0 Å². The number of piperazine rings is 1. The van der Waals surface area contributed by atoms with Gasteiger partial charge < -0.3 is 5.32 Å². The molecule has 2 rings (SSSR count). The lowest BCUT2D eigenvalue weighted by Crippen LogP contribution is -2.52. The van der Waals surface area contributed by atoms with Gasteiger partial charge in [0.2, 0.25) is 10.0 Å². The summed E-state index contributed by atoms with van der Waals surface area (Å²) in [5.41, 5.74) is 0.727. The highest BCUT2D eigenvalue weighted by atomic mass is 35.5. The molecular formula is C12H17ClN2O2S. The lowest BCUT2D eigenvalue weighted by Gasteiger charge is -2.33. The van der Waals surface area contributed by atoms with E-state index in [1.54, 1.807) is 23.4 Å². The van der Waals surface area contributed by atoms with Gasteiger partial charge in [0.05, 0.1) is 4.90 Å². The van der Waals surface area contributed by atoms with Crippen LogP contribution in [0.25, 0.3) is 0 Å². The van der Waals surface area contributed by atoms with Gasteiger partial charge in [0.25, 0.3) is 0 Å². The average molecular weight is 289 g/mol. The van der Waals surface area contributed by atoms with Gasteiger partial charge in [0.1, 0.15) is 0 Å². The standard InChI is InChI=1S/C12H17ClN2O2S/c1-9-3-4-11(13)7-12(9)18(16,17)15-6-5-14-8-10(15)2/h3-4,7,10,14H,5-6,8H2,1-2H3/t10-/m1/s1. The van der Waals surface area contributed by atoms with E-state index in [9.17, 15) is 8.42 Å². The van der Waals surface area contributed by atoms with E-state index in [-0.39, 0.29) is 6.04 Å². The third-order valence-electron chi connectivity index (χ3n) is 3.18. The van der Waals surface area contributed by atoms with Crippen LogP contribution in [0.15, 0.2) is 23.1 Å². The van der Waals surface area contributed by atoms with Gasteiger partial charge in [0.15, 0.2) is 0 Å². The van der Waals surface area contributed by atoms with Gasteiger partial charge in [-0.2, -0.15) is 4.31 Å². The lowest BCUT2D eigenvalue weighted by atomic mass is 10.2. The lowest BCUT2D eigenvalue weighted by molar-refractivity contribution is 0.283. The normalized spacial score (nSPS) is 22.1. The summed E-state index contributed by atoms with van der Waals surface area (Å²) < 4.78 is 26.8. The predicted octanol–water partition coefficient (Wildman–Crippen LogP) is 1.63. The Morgan fingerprint density at radius 3 is 2.83 bits per heavy atom. The quantitative estimate of drug-likeness (QED) is 0.900. The van der Waals surface area contributed by atoms with Crippen molar-refractivity contribution in [1.82, 2.24) is 9.62 Å².